The number of Topliss-reactive ketones (excluding diaryl/α,β-unsaturated/α-hetero) is 1. The quantitative estimate of drug-likeness (QED) is 0.345. The van der Waals surface area contributed by atoms with Crippen molar-refractivity contribution in [2.75, 3.05) is 13.2 Å². The van der Waals surface area contributed by atoms with Crippen molar-refractivity contribution in [3.63, 3.8) is 0 Å². The van der Waals surface area contributed by atoms with Crippen molar-refractivity contribution in [1.29, 1.82) is 0 Å². The summed E-state index contributed by atoms with van der Waals surface area (Å²) in [5, 5.41) is 0.583. The molecule has 0 radical (unpaired) electrons. The Morgan fingerprint density at radius 3 is 2.76 bits per heavy atom. The highest BCUT2D eigenvalue weighted by Crippen LogP contribution is 2.25. The van der Waals surface area contributed by atoms with Gasteiger partial charge in [-0.15, -0.1) is 0 Å². The van der Waals surface area contributed by atoms with Crippen molar-refractivity contribution in [2.24, 2.45) is 10.7 Å². The van der Waals surface area contributed by atoms with Gasteiger partial charge in [0.2, 0.25) is 0 Å². The molecular weight excluding hydrogens is 284 g/mol. The minimum Gasteiger partial charge on any atom is -0.494 e. The van der Waals surface area contributed by atoms with Crippen molar-refractivity contribution in [1.82, 2.24) is 0 Å². The van der Waals surface area contributed by atoms with Crippen LogP contribution in [0.5, 0.6) is 5.75 Å². The molecule has 0 saturated heterocycles. The number of unbranched alkanes of at least 4 members (excludes halogenated alkanes) is 1. The number of thioether (sulfide) groups is 1. The second-order valence-electron chi connectivity index (χ2n) is 4.67. The molecule has 0 fully saturated rings. The fourth-order valence-electron chi connectivity index (χ4n) is 1.75. The molecule has 116 valence electrons. The second kappa shape index (κ2) is 9.45. The average Bonchev–Trinajstić information content (AvgIpc) is 2.46. The van der Waals surface area contributed by atoms with Crippen LogP contribution in [0.1, 0.15) is 49.5 Å². The number of aliphatic imine (C=N–C) groups is 1. The Hall–Kier alpha value is -1.49. The van der Waals surface area contributed by atoms with Crippen LogP contribution in [-0.4, -0.2) is 24.1 Å². The lowest BCUT2D eigenvalue weighted by atomic mass is 10.1. The van der Waals surface area contributed by atoms with Gasteiger partial charge in [0, 0.05) is 23.4 Å². The van der Waals surface area contributed by atoms with Gasteiger partial charge in [0.25, 0.3) is 0 Å². The van der Waals surface area contributed by atoms with E-state index in [1.807, 2.05) is 19.1 Å². The molecule has 0 spiro atoms. The third-order valence-corrected chi connectivity index (χ3v) is 3.80. The first kappa shape index (κ1) is 17.6. The second-order valence-corrected chi connectivity index (χ2v) is 5.67. The Labute approximate surface area is 131 Å². The molecular formula is C16H24N2O2S. The first-order chi connectivity index (χ1) is 10.1. The molecule has 21 heavy (non-hydrogen) atoms. The lowest BCUT2D eigenvalue weighted by Crippen LogP contribution is -2.08. The lowest BCUT2D eigenvalue weighted by Gasteiger charge is -2.11. The summed E-state index contributed by atoms with van der Waals surface area (Å²) in [7, 11) is 0. The Morgan fingerprint density at radius 2 is 2.14 bits per heavy atom. The molecule has 0 unspecified atom stereocenters. The Morgan fingerprint density at radius 1 is 1.38 bits per heavy atom. The number of nitrogens with zero attached hydrogens (tertiary/aromatic N) is 1. The van der Waals surface area contributed by atoms with Crippen LogP contribution in [0.2, 0.25) is 0 Å². The molecule has 0 bridgehead atoms. The van der Waals surface area contributed by atoms with Crippen LogP contribution >= 0.6 is 11.8 Å². The van der Waals surface area contributed by atoms with Crippen LogP contribution in [0.15, 0.2) is 23.2 Å². The highest BCUT2D eigenvalue weighted by atomic mass is 32.2. The molecule has 1 aromatic rings. The molecule has 0 heterocycles. The summed E-state index contributed by atoms with van der Waals surface area (Å²) in [6.07, 6.45) is 2.15. The molecule has 0 aliphatic carbocycles. The van der Waals surface area contributed by atoms with E-state index in [4.69, 9.17) is 10.5 Å². The Bertz CT molecular complexity index is 501. The molecule has 2 N–H and O–H groups in total. The maximum absolute atomic E-state index is 11.5. The predicted octanol–water partition coefficient (Wildman–Crippen LogP) is 3.64. The first-order valence-electron chi connectivity index (χ1n) is 7.27. The Kier molecular flexibility index (Phi) is 7.90. The topological polar surface area (TPSA) is 64.7 Å². The smallest absolute Gasteiger partial charge is 0.159 e. The lowest BCUT2D eigenvalue weighted by molar-refractivity contribution is 0.101. The molecule has 0 saturated carbocycles. The van der Waals surface area contributed by atoms with E-state index < -0.39 is 0 Å². The van der Waals surface area contributed by atoms with E-state index in [2.05, 4.69) is 11.9 Å². The number of amidine groups is 1. The summed E-state index contributed by atoms with van der Waals surface area (Å²) < 4.78 is 5.60. The van der Waals surface area contributed by atoms with E-state index in [9.17, 15) is 4.79 Å². The van der Waals surface area contributed by atoms with E-state index in [0.29, 0.717) is 23.1 Å². The van der Waals surface area contributed by atoms with Crippen LogP contribution in [0.25, 0.3) is 0 Å². The van der Waals surface area contributed by atoms with Crippen LogP contribution < -0.4 is 10.5 Å². The number of carbonyl (C=O) groups is 1. The molecule has 5 heteroatoms. The molecule has 4 nitrogen and oxygen atoms in total. The SMILES string of the molecule is CCCCN=C(N)SCc1cc(C(C)=O)ccc1OCC. The number of carbonyl (C=O) groups excluding carboxylic acids is 1. The zero-order valence-electron chi connectivity index (χ0n) is 13.0. The number of rotatable bonds is 8. The van der Waals surface area contributed by atoms with Crippen LogP contribution in [0.3, 0.4) is 0 Å². The third kappa shape index (κ3) is 6.21. The van der Waals surface area contributed by atoms with Gasteiger partial charge in [-0.1, -0.05) is 25.1 Å². The van der Waals surface area contributed by atoms with Gasteiger partial charge in [0.05, 0.1) is 6.61 Å². The maximum atomic E-state index is 11.5. The third-order valence-electron chi connectivity index (χ3n) is 2.92. The monoisotopic (exact) mass is 308 g/mol. The first-order valence-corrected chi connectivity index (χ1v) is 8.26. The molecule has 0 amide bonds. The van der Waals surface area contributed by atoms with Gasteiger partial charge in [-0.05, 0) is 38.5 Å². The largest absolute Gasteiger partial charge is 0.494 e. The predicted molar refractivity (Wildman–Crippen MR) is 90.3 cm³/mol. The van der Waals surface area contributed by atoms with E-state index in [1.54, 1.807) is 13.0 Å². The van der Waals surface area contributed by atoms with Crippen LogP contribution in [0.4, 0.5) is 0 Å². The van der Waals surface area contributed by atoms with Gasteiger partial charge >= 0.3 is 0 Å². The minimum absolute atomic E-state index is 0.0499. The minimum atomic E-state index is 0.0499. The standard InChI is InChI=1S/C16H24N2O2S/c1-4-6-9-18-16(17)21-11-14-10-13(12(3)19)7-8-15(14)20-5-2/h7-8,10H,4-6,9,11H2,1-3H3,(H2,17,18). The van der Waals surface area contributed by atoms with Crippen molar-refractivity contribution in [3.05, 3.63) is 29.3 Å². The zero-order valence-corrected chi connectivity index (χ0v) is 13.8. The molecule has 0 atom stereocenters. The fraction of sp³-hybridized carbons (Fsp3) is 0.500. The van der Waals surface area contributed by atoms with Gasteiger partial charge in [-0.2, -0.15) is 0 Å². The fourth-order valence-corrected chi connectivity index (χ4v) is 2.46. The summed E-state index contributed by atoms with van der Waals surface area (Å²) in [5.74, 6) is 1.50. The van der Waals surface area contributed by atoms with Gasteiger partial charge in [0.1, 0.15) is 5.75 Å². The van der Waals surface area contributed by atoms with Gasteiger partial charge in [-0.25, -0.2) is 0 Å². The van der Waals surface area contributed by atoms with Crippen LogP contribution in [0, 0.1) is 0 Å². The summed E-state index contributed by atoms with van der Waals surface area (Å²) in [5.41, 5.74) is 7.55. The van der Waals surface area contributed by atoms with Crippen molar-refractivity contribution in [3.8, 4) is 5.75 Å². The molecule has 0 aliphatic rings. The van der Waals surface area contributed by atoms with Gasteiger partial charge in [-0.3, -0.25) is 9.79 Å². The number of hydrogen-bond donors (Lipinski definition) is 1. The summed E-state index contributed by atoms with van der Waals surface area (Å²) in [4.78, 5) is 15.8. The number of ketones is 1. The number of ether oxygens (including phenoxy) is 1. The number of nitrogens with two attached hydrogens (primary N) is 1. The maximum Gasteiger partial charge on any atom is 0.159 e. The van der Waals surface area contributed by atoms with Crippen molar-refractivity contribution in [2.45, 2.75) is 39.4 Å². The van der Waals surface area contributed by atoms with Gasteiger partial charge in [0.15, 0.2) is 11.0 Å². The highest BCUT2D eigenvalue weighted by Gasteiger charge is 2.09. The van der Waals surface area contributed by atoms with Gasteiger partial charge < -0.3 is 10.5 Å². The molecule has 1 aromatic carbocycles. The zero-order chi connectivity index (χ0) is 15.7. The Balaban J connectivity index is 2.77. The number of benzene rings is 1. The highest BCUT2D eigenvalue weighted by molar-refractivity contribution is 8.13. The molecule has 1 rings (SSSR count). The van der Waals surface area contributed by atoms with E-state index in [0.717, 1.165) is 30.7 Å². The summed E-state index contributed by atoms with van der Waals surface area (Å²) in [6.45, 7) is 6.99. The average molecular weight is 308 g/mol. The van der Waals surface area contributed by atoms with Crippen molar-refractivity contribution >= 4 is 22.7 Å². The summed E-state index contributed by atoms with van der Waals surface area (Å²) in [6, 6.07) is 5.51. The molecule has 0 aliphatic heterocycles. The van der Waals surface area contributed by atoms with E-state index in [-0.39, 0.29) is 5.78 Å². The van der Waals surface area contributed by atoms with E-state index in [1.165, 1.54) is 11.8 Å². The van der Waals surface area contributed by atoms with E-state index >= 15 is 0 Å². The van der Waals surface area contributed by atoms with Crippen molar-refractivity contribution < 1.29 is 9.53 Å². The van der Waals surface area contributed by atoms with Crippen LogP contribution in [-0.2, 0) is 5.75 Å². The summed E-state index contributed by atoms with van der Waals surface area (Å²) >= 11 is 1.48. The molecule has 0 aromatic heterocycles. The normalized spacial score (nSPS) is 11.5. The number of hydrogen-bond acceptors (Lipinski definition) is 4.